The van der Waals surface area contributed by atoms with Gasteiger partial charge in [0.25, 0.3) is 0 Å². The number of nitrogens with two attached hydrogens (primary N) is 1. The van der Waals surface area contributed by atoms with Crippen LogP contribution in [0.25, 0.3) is 10.9 Å². The Kier molecular flexibility index (Phi) is 5.98. The Morgan fingerprint density at radius 1 is 1.18 bits per heavy atom. The van der Waals surface area contributed by atoms with Gasteiger partial charge in [0.1, 0.15) is 12.3 Å². The molecule has 0 spiro atoms. The van der Waals surface area contributed by atoms with Crippen LogP contribution in [0, 0.1) is 5.92 Å². The molecule has 178 valence electrons. The number of hydrogen-bond donors (Lipinski definition) is 2. The summed E-state index contributed by atoms with van der Waals surface area (Å²) in [4.78, 5) is 0.192. The van der Waals surface area contributed by atoms with Gasteiger partial charge in [0.2, 0.25) is 0 Å². The van der Waals surface area contributed by atoms with E-state index in [-0.39, 0.29) is 10.8 Å². The van der Waals surface area contributed by atoms with Crippen LogP contribution in [-0.2, 0) is 16.4 Å². The summed E-state index contributed by atoms with van der Waals surface area (Å²) in [5, 5.41) is 3.94. The molecule has 3 aromatic rings. The molecule has 4 rings (SSSR count). The highest BCUT2D eigenvalue weighted by molar-refractivity contribution is 7.90. The zero-order valence-electron chi connectivity index (χ0n) is 18.3. The molecule has 1 heterocycles. The number of hydrogen-bond acceptors (Lipinski definition) is 5. The molecule has 1 aromatic heterocycles. The lowest BCUT2D eigenvalue weighted by molar-refractivity contribution is -0.139. The Labute approximate surface area is 190 Å². The van der Waals surface area contributed by atoms with E-state index in [0.717, 1.165) is 24.7 Å². The summed E-state index contributed by atoms with van der Waals surface area (Å²) in [6.45, 7) is -0.371. The van der Waals surface area contributed by atoms with Crippen LogP contribution < -0.4 is 15.8 Å². The normalized spacial score (nSPS) is 18.8. The highest BCUT2D eigenvalue weighted by atomic mass is 32.2. The molecule has 0 bridgehead atoms. The van der Waals surface area contributed by atoms with E-state index in [4.69, 9.17) is 10.5 Å². The smallest absolute Gasteiger partial charge is 0.406 e. The van der Waals surface area contributed by atoms with Crippen molar-refractivity contribution in [1.29, 1.82) is 0 Å². The second-order valence-corrected chi connectivity index (χ2v) is 10.7. The van der Waals surface area contributed by atoms with Crippen LogP contribution >= 0.6 is 0 Å². The number of anilines is 2. The number of halogens is 3. The number of ether oxygens (including phenoxy) is 1. The first-order chi connectivity index (χ1) is 15.4. The minimum absolute atomic E-state index is 0.192. The summed E-state index contributed by atoms with van der Waals surface area (Å²) in [6.07, 6.45) is 0.0234. The fourth-order valence-corrected chi connectivity index (χ4v) is 5.03. The molecule has 0 atom stereocenters. The summed E-state index contributed by atoms with van der Waals surface area (Å²) in [6, 6.07) is 10.0. The fourth-order valence-electron chi connectivity index (χ4n) is 4.39. The van der Waals surface area contributed by atoms with Crippen molar-refractivity contribution in [3.63, 3.8) is 0 Å². The summed E-state index contributed by atoms with van der Waals surface area (Å²) >= 11 is 0. The largest absolute Gasteiger partial charge is 0.495 e. The third kappa shape index (κ3) is 5.05. The van der Waals surface area contributed by atoms with Gasteiger partial charge in [0.05, 0.1) is 23.2 Å². The van der Waals surface area contributed by atoms with Gasteiger partial charge in [-0.25, -0.2) is 8.42 Å². The molecule has 6 nitrogen and oxygen atoms in total. The summed E-state index contributed by atoms with van der Waals surface area (Å²) in [5.41, 5.74) is 8.78. The van der Waals surface area contributed by atoms with Crippen LogP contribution in [0.1, 0.15) is 24.3 Å². The number of nitrogens with one attached hydrogen (secondary N) is 1. The van der Waals surface area contributed by atoms with E-state index in [1.165, 1.54) is 30.0 Å². The second-order valence-electron chi connectivity index (χ2n) is 8.65. The number of methoxy groups -OCH3 is 1. The summed E-state index contributed by atoms with van der Waals surface area (Å²) in [5.74, 6) is 1.05. The lowest BCUT2D eigenvalue weighted by Gasteiger charge is -2.36. The molecule has 33 heavy (non-hydrogen) atoms. The van der Waals surface area contributed by atoms with Crippen molar-refractivity contribution in [2.75, 3.05) is 31.0 Å². The Morgan fingerprint density at radius 2 is 1.91 bits per heavy atom. The third-order valence-electron chi connectivity index (χ3n) is 6.18. The molecule has 0 amide bonds. The fraction of sp³-hybridized carbons (Fsp3) is 0.391. The highest BCUT2D eigenvalue weighted by Crippen LogP contribution is 2.44. The Hall–Kier alpha value is -2.88. The van der Waals surface area contributed by atoms with Gasteiger partial charge in [-0.1, -0.05) is 0 Å². The van der Waals surface area contributed by atoms with Gasteiger partial charge < -0.3 is 20.4 Å². The predicted octanol–water partition coefficient (Wildman–Crippen LogP) is 4.80. The summed E-state index contributed by atoms with van der Waals surface area (Å²) in [7, 11) is -1.84. The van der Waals surface area contributed by atoms with Gasteiger partial charge in [-0.2, -0.15) is 13.2 Å². The number of sulfone groups is 1. The first-order valence-corrected chi connectivity index (χ1v) is 12.4. The van der Waals surface area contributed by atoms with Crippen molar-refractivity contribution in [3.8, 4) is 5.75 Å². The van der Waals surface area contributed by atoms with E-state index in [2.05, 4.69) is 5.32 Å². The van der Waals surface area contributed by atoms with Gasteiger partial charge >= 0.3 is 6.18 Å². The number of aromatic nitrogens is 1. The maximum absolute atomic E-state index is 12.9. The average molecular weight is 482 g/mol. The lowest BCUT2D eigenvalue weighted by atomic mass is 9.71. The van der Waals surface area contributed by atoms with E-state index < -0.39 is 22.6 Å². The molecule has 1 fully saturated rings. The van der Waals surface area contributed by atoms with Crippen LogP contribution in [0.15, 0.2) is 47.5 Å². The molecule has 0 unspecified atom stereocenters. The number of fused-ring (bicyclic) bond motifs is 1. The molecule has 0 saturated heterocycles. The highest BCUT2D eigenvalue weighted by Gasteiger charge is 2.32. The molecule has 1 aliphatic rings. The van der Waals surface area contributed by atoms with Crippen LogP contribution in [0.5, 0.6) is 5.75 Å². The van der Waals surface area contributed by atoms with Gasteiger partial charge in [-0.05, 0) is 60.6 Å². The van der Waals surface area contributed by atoms with E-state index in [1.807, 2.05) is 12.1 Å². The SMILES string of the molecule is COc1cc(S(C)(=O)=O)ccc1NCC1CC(c2cc(N)c3ccn(CC(F)(F)F)c3c2)C1. The molecule has 3 N–H and O–H groups in total. The predicted molar refractivity (Wildman–Crippen MR) is 122 cm³/mol. The molecule has 0 radical (unpaired) electrons. The van der Waals surface area contributed by atoms with E-state index >= 15 is 0 Å². The van der Waals surface area contributed by atoms with E-state index in [0.29, 0.717) is 40.5 Å². The van der Waals surface area contributed by atoms with Crippen molar-refractivity contribution < 1.29 is 26.3 Å². The monoisotopic (exact) mass is 481 g/mol. The van der Waals surface area contributed by atoms with E-state index in [1.54, 1.807) is 12.1 Å². The second kappa shape index (κ2) is 8.48. The van der Waals surface area contributed by atoms with Crippen LogP contribution in [0.2, 0.25) is 0 Å². The minimum atomic E-state index is -4.30. The van der Waals surface area contributed by atoms with Gasteiger partial charge in [-0.3, -0.25) is 0 Å². The van der Waals surface area contributed by atoms with Gasteiger partial charge in [0, 0.05) is 36.1 Å². The number of benzene rings is 2. The maximum atomic E-state index is 12.9. The molecule has 2 aromatic carbocycles. The molecule has 10 heteroatoms. The number of rotatable bonds is 7. The Bertz CT molecular complexity index is 1280. The van der Waals surface area contributed by atoms with Crippen LogP contribution in [-0.4, -0.2) is 39.1 Å². The van der Waals surface area contributed by atoms with Crippen molar-refractivity contribution in [2.45, 2.75) is 36.4 Å². The van der Waals surface area contributed by atoms with Gasteiger partial charge in [-0.15, -0.1) is 0 Å². The molecular weight excluding hydrogens is 455 g/mol. The first kappa shape index (κ1) is 23.3. The van der Waals surface area contributed by atoms with Crippen LogP contribution in [0.4, 0.5) is 24.5 Å². The molecule has 1 aliphatic carbocycles. The lowest BCUT2D eigenvalue weighted by Crippen LogP contribution is -2.28. The first-order valence-electron chi connectivity index (χ1n) is 10.5. The molecule has 0 aliphatic heterocycles. The quantitative estimate of drug-likeness (QED) is 0.474. The van der Waals surface area contributed by atoms with Crippen molar-refractivity contribution >= 4 is 32.1 Å². The molecule has 1 saturated carbocycles. The van der Waals surface area contributed by atoms with Crippen molar-refractivity contribution in [3.05, 3.63) is 48.2 Å². The third-order valence-corrected chi connectivity index (χ3v) is 7.29. The van der Waals surface area contributed by atoms with Crippen LogP contribution in [0.3, 0.4) is 0 Å². The standard InChI is InChI=1S/C23H26F3N3O3S/c1-32-22-11-17(33(2,30)31)3-4-20(22)28-12-14-7-15(8-14)16-9-19(27)18-5-6-29(21(18)10-16)13-23(24,25)26/h3-6,9-11,14-15,28H,7-8,12-13,27H2,1-2H3. The number of alkyl halides is 3. The Balaban J connectivity index is 1.42. The van der Waals surface area contributed by atoms with Crippen molar-refractivity contribution in [1.82, 2.24) is 4.57 Å². The average Bonchev–Trinajstić information content (AvgIpc) is 3.07. The Morgan fingerprint density at radius 3 is 2.55 bits per heavy atom. The van der Waals surface area contributed by atoms with Gasteiger partial charge in [0.15, 0.2) is 9.84 Å². The minimum Gasteiger partial charge on any atom is -0.495 e. The zero-order chi connectivity index (χ0) is 24.0. The topological polar surface area (TPSA) is 86.3 Å². The number of nitrogen functional groups attached to an aromatic ring is 1. The maximum Gasteiger partial charge on any atom is 0.406 e. The number of nitrogens with zero attached hydrogens (tertiary/aromatic N) is 1. The van der Waals surface area contributed by atoms with Crippen molar-refractivity contribution in [2.24, 2.45) is 5.92 Å². The van der Waals surface area contributed by atoms with E-state index in [9.17, 15) is 21.6 Å². The summed E-state index contributed by atoms with van der Waals surface area (Å²) < 4.78 is 68.7. The molecular formula is C23H26F3N3O3S. The zero-order valence-corrected chi connectivity index (χ0v) is 19.1.